The van der Waals surface area contributed by atoms with Crippen molar-refractivity contribution in [2.75, 3.05) is 31.1 Å². The van der Waals surface area contributed by atoms with Gasteiger partial charge in [0.05, 0.1) is 17.5 Å². The van der Waals surface area contributed by atoms with Gasteiger partial charge in [-0.05, 0) is 24.6 Å². The number of rotatable bonds is 3. The highest BCUT2D eigenvalue weighted by Crippen LogP contribution is 2.17. The van der Waals surface area contributed by atoms with Crippen molar-refractivity contribution in [3.05, 3.63) is 54.7 Å². The number of H-pyrrole nitrogens is 1. The van der Waals surface area contributed by atoms with E-state index >= 15 is 0 Å². The molecule has 1 aliphatic rings. The van der Waals surface area contributed by atoms with Crippen molar-refractivity contribution in [2.45, 2.75) is 6.42 Å². The minimum atomic E-state index is 0.00655. The van der Waals surface area contributed by atoms with Crippen LogP contribution in [0.25, 0.3) is 11.3 Å². The van der Waals surface area contributed by atoms with Gasteiger partial charge in [-0.3, -0.25) is 14.9 Å². The molecular formula is C18H19N7O. The van der Waals surface area contributed by atoms with Gasteiger partial charge in [0.15, 0.2) is 0 Å². The minimum Gasteiger partial charge on any atom is -0.339 e. The van der Waals surface area contributed by atoms with Gasteiger partial charge in [0.1, 0.15) is 0 Å². The second-order valence-corrected chi connectivity index (χ2v) is 6.10. The van der Waals surface area contributed by atoms with Gasteiger partial charge in [-0.2, -0.15) is 5.10 Å². The molecule has 0 aromatic carbocycles. The Morgan fingerprint density at radius 3 is 2.62 bits per heavy atom. The molecule has 0 spiro atoms. The fourth-order valence-electron chi connectivity index (χ4n) is 3.04. The number of anilines is 1. The van der Waals surface area contributed by atoms with Crippen LogP contribution in [0.15, 0.2) is 49.2 Å². The Bertz CT molecular complexity index is 849. The van der Waals surface area contributed by atoms with Gasteiger partial charge < -0.3 is 9.80 Å². The molecule has 26 heavy (non-hydrogen) atoms. The van der Waals surface area contributed by atoms with Gasteiger partial charge in [0, 0.05) is 56.5 Å². The Kier molecular flexibility index (Phi) is 4.55. The molecule has 3 aromatic rings. The Morgan fingerprint density at radius 1 is 1.00 bits per heavy atom. The first-order chi connectivity index (χ1) is 12.8. The van der Waals surface area contributed by atoms with Crippen LogP contribution in [0.1, 0.15) is 16.8 Å². The number of carbonyl (C=O) groups excluding carboxylic acids is 1. The van der Waals surface area contributed by atoms with Crippen molar-refractivity contribution in [1.29, 1.82) is 0 Å². The maximum atomic E-state index is 12.8. The normalized spacial score (nSPS) is 14.9. The monoisotopic (exact) mass is 349 g/mol. The summed E-state index contributed by atoms with van der Waals surface area (Å²) >= 11 is 0. The van der Waals surface area contributed by atoms with Gasteiger partial charge in [0.25, 0.3) is 5.91 Å². The molecule has 1 fully saturated rings. The summed E-state index contributed by atoms with van der Waals surface area (Å²) in [5.74, 6) is 0.722. The van der Waals surface area contributed by atoms with Gasteiger partial charge in [0.2, 0.25) is 5.95 Å². The highest BCUT2D eigenvalue weighted by molar-refractivity contribution is 5.94. The van der Waals surface area contributed by atoms with Crippen molar-refractivity contribution in [1.82, 2.24) is 30.0 Å². The van der Waals surface area contributed by atoms with E-state index < -0.39 is 0 Å². The van der Waals surface area contributed by atoms with Crippen molar-refractivity contribution >= 4 is 11.9 Å². The van der Waals surface area contributed by atoms with E-state index in [0.717, 1.165) is 30.8 Å². The lowest BCUT2D eigenvalue weighted by molar-refractivity contribution is 0.0766. The minimum absolute atomic E-state index is 0.00655. The average molecular weight is 349 g/mol. The van der Waals surface area contributed by atoms with Crippen LogP contribution in [-0.4, -0.2) is 62.1 Å². The number of nitrogens with zero attached hydrogens (tertiary/aromatic N) is 6. The summed E-state index contributed by atoms with van der Waals surface area (Å²) in [5, 5.41) is 6.68. The zero-order valence-electron chi connectivity index (χ0n) is 14.2. The van der Waals surface area contributed by atoms with Crippen LogP contribution in [0.5, 0.6) is 0 Å². The molecule has 3 aromatic heterocycles. The second kappa shape index (κ2) is 7.30. The Labute approximate surface area is 150 Å². The largest absolute Gasteiger partial charge is 0.339 e. The molecule has 0 saturated carbocycles. The molecule has 1 amide bonds. The van der Waals surface area contributed by atoms with Crippen LogP contribution in [0.2, 0.25) is 0 Å². The van der Waals surface area contributed by atoms with E-state index in [-0.39, 0.29) is 5.91 Å². The van der Waals surface area contributed by atoms with E-state index in [0.29, 0.717) is 24.6 Å². The number of hydrogen-bond donors (Lipinski definition) is 1. The Hall–Kier alpha value is -3.29. The summed E-state index contributed by atoms with van der Waals surface area (Å²) in [7, 11) is 0. The first-order valence-corrected chi connectivity index (χ1v) is 8.58. The lowest BCUT2D eigenvalue weighted by Gasteiger charge is -2.22. The Balaban J connectivity index is 1.43. The van der Waals surface area contributed by atoms with Gasteiger partial charge in [-0.15, -0.1) is 0 Å². The van der Waals surface area contributed by atoms with Crippen LogP contribution in [0, 0.1) is 0 Å². The SMILES string of the molecule is O=C(c1ccc(-c2cn[nH]c2)nc1)N1CCCN(c2ncccn2)CC1. The first kappa shape index (κ1) is 16.2. The first-order valence-electron chi connectivity index (χ1n) is 8.58. The maximum absolute atomic E-state index is 12.8. The number of aromatic nitrogens is 5. The molecule has 0 unspecified atom stereocenters. The lowest BCUT2D eigenvalue weighted by atomic mass is 10.2. The Morgan fingerprint density at radius 2 is 1.88 bits per heavy atom. The van der Waals surface area contributed by atoms with Crippen molar-refractivity contribution in [2.24, 2.45) is 0 Å². The number of nitrogens with one attached hydrogen (secondary N) is 1. The number of pyridine rings is 1. The number of amides is 1. The van der Waals surface area contributed by atoms with E-state index in [4.69, 9.17) is 0 Å². The van der Waals surface area contributed by atoms with Crippen LogP contribution in [0.3, 0.4) is 0 Å². The molecule has 132 valence electrons. The van der Waals surface area contributed by atoms with Crippen molar-refractivity contribution in [3.8, 4) is 11.3 Å². The molecule has 4 heterocycles. The third-order valence-electron chi connectivity index (χ3n) is 4.42. The molecule has 8 heteroatoms. The number of carbonyl (C=O) groups is 1. The summed E-state index contributed by atoms with van der Waals surface area (Å²) in [6.07, 6.45) is 9.47. The van der Waals surface area contributed by atoms with E-state index in [1.807, 2.05) is 17.0 Å². The van der Waals surface area contributed by atoms with Gasteiger partial charge in [-0.25, -0.2) is 9.97 Å². The summed E-state index contributed by atoms with van der Waals surface area (Å²) in [5.41, 5.74) is 2.29. The van der Waals surface area contributed by atoms with Gasteiger partial charge in [-0.1, -0.05) is 0 Å². The standard InChI is InChI=1S/C18H19N7O/c26-17(14-3-4-16(21-11-14)15-12-22-23-13-15)24-7-2-8-25(10-9-24)18-19-5-1-6-20-18/h1,3-6,11-13H,2,7-10H2,(H,22,23). The number of hydrogen-bond acceptors (Lipinski definition) is 6. The molecule has 1 saturated heterocycles. The van der Waals surface area contributed by atoms with Crippen molar-refractivity contribution < 1.29 is 4.79 Å². The average Bonchev–Trinajstić information content (AvgIpc) is 3.13. The highest BCUT2D eigenvalue weighted by atomic mass is 16.2. The third-order valence-corrected chi connectivity index (χ3v) is 4.42. The topological polar surface area (TPSA) is 90.9 Å². The molecule has 0 radical (unpaired) electrons. The zero-order chi connectivity index (χ0) is 17.8. The highest BCUT2D eigenvalue weighted by Gasteiger charge is 2.21. The molecule has 1 N–H and O–H groups in total. The van der Waals surface area contributed by atoms with Crippen LogP contribution >= 0.6 is 0 Å². The van der Waals surface area contributed by atoms with E-state index in [9.17, 15) is 4.79 Å². The smallest absolute Gasteiger partial charge is 0.255 e. The van der Waals surface area contributed by atoms with Crippen LogP contribution < -0.4 is 4.90 Å². The lowest BCUT2D eigenvalue weighted by Crippen LogP contribution is -2.35. The summed E-state index contributed by atoms with van der Waals surface area (Å²) in [4.78, 5) is 29.8. The van der Waals surface area contributed by atoms with E-state index in [1.165, 1.54) is 0 Å². The number of aromatic amines is 1. The van der Waals surface area contributed by atoms with E-state index in [1.54, 1.807) is 37.1 Å². The molecule has 8 nitrogen and oxygen atoms in total. The van der Waals surface area contributed by atoms with Crippen molar-refractivity contribution in [3.63, 3.8) is 0 Å². The molecular weight excluding hydrogens is 330 g/mol. The van der Waals surface area contributed by atoms with Crippen LogP contribution in [0.4, 0.5) is 5.95 Å². The summed E-state index contributed by atoms with van der Waals surface area (Å²) < 4.78 is 0. The molecule has 0 atom stereocenters. The van der Waals surface area contributed by atoms with Gasteiger partial charge >= 0.3 is 0 Å². The fourth-order valence-corrected chi connectivity index (χ4v) is 3.04. The maximum Gasteiger partial charge on any atom is 0.255 e. The molecule has 1 aliphatic heterocycles. The quantitative estimate of drug-likeness (QED) is 0.772. The summed E-state index contributed by atoms with van der Waals surface area (Å²) in [6, 6.07) is 5.47. The molecule has 0 bridgehead atoms. The molecule has 4 rings (SSSR count). The predicted molar refractivity (Wildman–Crippen MR) is 96.6 cm³/mol. The summed E-state index contributed by atoms with van der Waals surface area (Å²) in [6.45, 7) is 2.91. The van der Waals surface area contributed by atoms with E-state index in [2.05, 4.69) is 30.0 Å². The van der Waals surface area contributed by atoms with Crippen LogP contribution in [-0.2, 0) is 0 Å². The third kappa shape index (κ3) is 3.39. The predicted octanol–water partition coefficient (Wildman–Crippen LogP) is 1.61. The molecule has 0 aliphatic carbocycles. The fraction of sp³-hybridized carbons (Fsp3) is 0.278. The zero-order valence-corrected chi connectivity index (χ0v) is 14.2. The second-order valence-electron chi connectivity index (χ2n) is 6.10.